The number of hydrogen-bond acceptors (Lipinski definition) is 3. The maximum absolute atomic E-state index is 8.87. The standard InChI is InChI=1S/C15H9BrN2O/c16-8-10-1-4-12(5-2-10)15-18-13-7-11(9-17)3-6-14(13)19-15/h1-7H,8H2. The Balaban J connectivity index is 2.07. The zero-order valence-corrected chi connectivity index (χ0v) is 11.5. The fourth-order valence-electron chi connectivity index (χ4n) is 1.86. The lowest BCUT2D eigenvalue weighted by atomic mass is 10.1. The lowest BCUT2D eigenvalue weighted by molar-refractivity contribution is 0.620. The smallest absolute Gasteiger partial charge is 0.227 e. The molecule has 2 aromatic carbocycles. The molecule has 0 atom stereocenters. The topological polar surface area (TPSA) is 49.8 Å². The van der Waals surface area contributed by atoms with Gasteiger partial charge in [0.2, 0.25) is 5.89 Å². The highest BCUT2D eigenvalue weighted by molar-refractivity contribution is 9.08. The summed E-state index contributed by atoms with van der Waals surface area (Å²) in [4.78, 5) is 4.42. The number of oxazole rings is 1. The van der Waals surface area contributed by atoms with Crippen LogP contribution in [0, 0.1) is 11.3 Å². The van der Waals surface area contributed by atoms with Crippen molar-refractivity contribution in [1.29, 1.82) is 5.26 Å². The van der Waals surface area contributed by atoms with Crippen molar-refractivity contribution in [3.8, 4) is 17.5 Å². The molecule has 0 radical (unpaired) electrons. The van der Waals surface area contributed by atoms with Crippen LogP contribution in [-0.4, -0.2) is 4.98 Å². The molecular formula is C15H9BrN2O. The van der Waals surface area contributed by atoms with Crippen molar-refractivity contribution in [3.63, 3.8) is 0 Å². The largest absolute Gasteiger partial charge is 0.436 e. The van der Waals surface area contributed by atoms with Crippen molar-refractivity contribution in [2.45, 2.75) is 5.33 Å². The number of hydrogen-bond donors (Lipinski definition) is 0. The third kappa shape index (κ3) is 2.25. The lowest BCUT2D eigenvalue weighted by Crippen LogP contribution is -1.80. The maximum atomic E-state index is 8.87. The molecule has 0 N–H and O–H groups in total. The number of halogens is 1. The number of benzene rings is 2. The first-order valence-electron chi connectivity index (χ1n) is 5.76. The van der Waals surface area contributed by atoms with E-state index in [-0.39, 0.29) is 0 Å². The minimum Gasteiger partial charge on any atom is -0.436 e. The monoisotopic (exact) mass is 312 g/mol. The van der Waals surface area contributed by atoms with Crippen LogP contribution in [0.5, 0.6) is 0 Å². The van der Waals surface area contributed by atoms with E-state index in [9.17, 15) is 0 Å². The van der Waals surface area contributed by atoms with Crippen LogP contribution in [0.2, 0.25) is 0 Å². The van der Waals surface area contributed by atoms with Crippen molar-refractivity contribution in [3.05, 3.63) is 53.6 Å². The van der Waals surface area contributed by atoms with Gasteiger partial charge in [0.15, 0.2) is 5.58 Å². The van der Waals surface area contributed by atoms with Gasteiger partial charge in [0, 0.05) is 10.9 Å². The molecule has 3 aromatic rings. The fraction of sp³-hybridized carbons (Fsp3) is 0.0667. The number of fused-ring (bicyclic) bond motifs is 1. The first-order valence-corrected chi connectivity index (χ1v) is 6.88. The molecule has 0 saturated heterocycles. The molecule has 0 fully saturated rings. The predicted octanol–water partition coefficient (Wildman–Crippen LogP) is 4.26. The van der Waals surface area contributed by atoms with E-state index in [0.717, 1.165) is 10.9 Å². The zero-order chi connectivity index (χ0) is 13.2. The summed E-state index contributed by atoms with van der Waals surface area (Å²) in [6.07, 6.45) is 0. The van der Waals surface area contributed by atoms with Crippen LogP contribution in [-0.2, 0) is 5.33 Å². The van der Waals surface area contributed by atoms with E-state index in [1.807, 2.05) is 24.3 Å². The van der Waals surface area contributed by atoms with E-state index >= 15 is 0 Å². The van der Waals surface area contributed by atoms with Gasteiger partial charge >= 0.3 is 0 Å². The second-order valence-electron chi connectivity index (χ2n) is 4.14. The molecule has 0 aliphatic heterocycles. The van der Waals surface area contributed by atoms with E-state index in [2.05, 4.69) is 27.0 Å². The van der Waals surface area contributed by atoms with E-state index in [1.54, 1.807) is 18.2 Å². The summed E-state index contributed by atoms with van der Waals surface area (Å²) in [5.74, 6) is 0.575. The molecule has 1 aromatic heterocycles. The molecule has 0 bridgehead atoms. The van der Waals surface area contributed by atoms with Crippen LogP contribution in [0.1, 0.15) is 11.1 Å². The Bertz CT molecular complexity index is 769. The normalized spacial score (nSPS) is 10.5. The fourth-order valence-corrected chi connectivity index (χ4v) is 2.23. The maximum Gasteiger partial charge on any atom is 0.227 e. The zero-order valence-electron chi connectivity index (χ0n) is 9.93. The van der Waals surface area contributed by atoms with Crippen molar-refractivity contribution >= 4 is 27.0 Å². The van der Waals surface area contributed by atoms with Gasteiger partial charge in [-0.3, -0.25) is 0 Å². The number of aromatic nitrogens is 1. The molecule has 0 aliphatic rings. The van der Waals surface area contributed by atoms with Crippen LogP contribution in [0.15, 0.2) is 46.9 Å². The summed E-state index contributed by atoms with van der Waals surface area (Å²) in [7, 11) is 0. The Labute approximate surface area is 118 Å². The number of rotatable bonds is 2. The van der Waals surface area contributed by atoms with Gasteiger partial charge in [-0.25, -0.2) is 4.98 Å². The van der Waals surface area contributed by atoms with E-state index in [4.69, 9.17) is 9.68 Å². The van der Waals surface area contributed by atoms with Crippen molar-refractivity contribution < 1.29 is 4.42 Å². The molecule has 0 saturated carbocycles. The Kier molecular flexibility index (Phi) is 3.06. The summed E-state index contributed by atoms with van der Waals surface area (Å²) >= 11 is 3.41. The van der Waals surface area contributed by atoms with Gasteiger partial charge in [-0.1, -0.05) is 28.1 Å². The summed E-state index contributed by atoms with van der Waals surface area (Å²) < 4.78 is 5.69. The van der Waals surface area contributed by atoms with Crippen LogP contribution in [0.3, 0.4) is 0 Å². The second-order valence-corrected chi connectivity index (χ2v) is 4.70. The highest BCUT2D eigenvalue weighted by Gasteiger charge is 2.08. The first kappa shape index (κ1) is 11.9. The SMILES string of the molecule is N#Cc1ccc2oc(-c3ccc(CBr)cc3)nc2c1. The summed E-state index contributed by atoms with van der Waals surface area (Å²) in [6.45, 7) is 0. The molecular weight excluding hydrogens is 304 g/mol. The summed E-state index contributed by atoms with van der Waals surface area (Å²) in [5.41, 5.74) is 4.12. The van der Waals surface area contributed by atoms with Crippen molar-refractivity contribution in [2.75, 3.05) is 0 Å². The molecule has 3 nitrogen and oxygen atoms in total. The Morgan fingerprint density at radius 2 is 1.95 bits per heavy atom. The van der Waals surface area contributed by atoms with Crippen LogP contribution in [0.25, 0.3) is 22.6 Å². The van der Waals surface area contributed by atoms with E-state index in [0.29, 0.717) is 22.6 Å². The van der Waals surface area contributed by atoms with Gasteiger partial charge in [-0.15, -0.1) is 0 Å². The average Bonchev–Trinajstić information content (AvgIpc) is 2.90. The number of alkyl halides is 1. The van der Waals surface area contributed by atoms with Crippen LogP contribution in [0.4, 0.5) is 0 Å². The highest BCUT2D eigenvalue weighted by atomic mass is 79.9. The van der Waals surface area contributed by atoms with E-state index < -0.39 is 0 Å². The van der Waals surface area contributed by atoms with Gasteiger partial charge in [0.05, 0.1) is 11.6 Å². The molecule has 0 spiro atoms. The predicted molar refractivity (Wildman–Crippen MR) is 76.8 cm³/mol. The van der Waals surface area contributed by atoms with Gasteiger partial charge in [-0.05, 0) is 35.9 Å². The Morgan fingerprint density at radius 3 is 2.63 bits per heavy atom. The minimum atomic E-state index is 0.575. The van der Waals surface area contributed by atoms with Crippen LogP contribution < -0.4 is 0 Å². The minimum absolute atomic E-state index is 0.575. The summed E-state index contributed by atoms with van der Waals surface area (Å²) in [6, 6.07) is 15.3. The van der Waals surface area contributed by atoms with E-state index in [1.165, 1.54) is 5.56 Å². The second kappa shape index (κ2) is 4.87. The molecule has 0 amide bonds. The molecule has 92 valence electrons. The number of nitrogens with zero attached hydrogens (tertiary/aromatic N) is 2. The van der Waals surface area contributed by atoms with Gasteiger partial charge < -0.3 is 4.42 Å². The average molecular weight is 313 g/mol. The third-order valence-corrected chi connectivity index (χ3v) is 3.52. The first-order chi connectivity index (χ1) is 9.30. The molecule has 19 heavy (non-hydrogen) atoms. The Hall–Kier alpha value is -2.12. The Morgan fingerprint density at radius 1 is 1.16 bits per heavy atom. The van der Waals surface area contributed by atoms with Crippen molar-refractivity contribution in [2.24, 2.45) is 0 Å². The molecule has 4 heteroatoms. The van der Waals surface area contributed by atoms with Gasteiger partial charge in [0.25, 0.3) is 0 Å². The highest BCUT2D eigenvalue weighted by Crippen LogP contribution is 2.25. The third-order valence-electron chi connectivity index (χ3n) is 2.87. The van der Waals surface area contributed by atoms with Gasteiger partial charge in [0.1, 0.15) is 5.52 Å². The lowest BCUT2D eigenvalue weighted by Gasteiger charge is -1.97. The van der Waals surface area contributed by atoms with Gasteiger partial charge in [-0.2, -0.15) is 5.26 Å². The molecule has 0 unspecified atom stereocenters. The quantitative estimate of drug-likeness (QED) is 0.664. The molecule has 3 rings (SSSR count). The molecule has 1 heterocycles. The molecule has 0 aliphatic carbocycles. The van der Waals surface area contributed by atoms with Crippen molar-refractivity contribution in [1.82, 2.24) is 4.98 Å². The van der Waals surface area contributed by atoms with Crippen LogP contribution >= 0.6 is 15.9 Å². The number of nitriles is 1. The summed E-state index contributed by atoms with van der Waals surface area (Å²) in [5, 5.41) is 9.69.